The van der Waals surface area contributed by atoms with Crippen molar-refractivity contribution >= 4 is 28.3 Å². The number of benzene rings is 1. The van der Waals surface area contributed by atoms with E-state index in [-0.39, 0.29) is 5.97 Å². The van der Waals surface area contributed by atoms with Crippen LogP contribution in [0.3, 0.4) is 0 Å². The minimum atomic E-state index is -0.224. The maximum atomic E-state index is 11.1. The number of rotatable bonds is 3. The first-order valence-corrected chi connectivity index (χ1v) is 5.68. The average molecular weight is 250 g/mol. The van der Waals surface area contributed by atoms with Crippen molar-refractivity contribution in [3.05, 3.63) is 41.2 Å². The number of aromatic nitrogens is 1. The highest BCUT2D eigenvalue weighted by Gasteiger charge is 2.06. The van der Waals surface area contributed by atoms with Crippen LogP contribution in [0, 0.1) is 0 Å². The van der Waals surface area contributed by atoms with E-state index >= 15 is 0 Å². The monoisotopic (exact) mass is 249 g/mol. The SMILES string of the molecule is COC(=O)CCc1nccc2cc(Cl)ccc12. The Morgan fingerprint density at radius 3 is 3.00 bits per heavy atom. The lowest BCUT2D eigenvalue weighted by molar-refractivity contribution is -0.140. The number of carbonyl (C=O) groups excluding carboxylic acids is 1. The van der Waals surface area contributed by atoms with Gasteiger partial charge in [0, 0.05) is 28.7 Å². The van der Waals surface area contributed by atoms with Crippen LogP contribution in [0.5, 0.6) is 0 Å². The smallest absolute Gasteiger partial charge is 0.305 e. The molecule has 0 fully saturated rings. The fraction of sp³-hybridized carbons (Fsp3) is 0.231. The van der Waals surface area contributed by atoms with Crippen LogP contribution in [0.25, 0.3) is 10.8 Å². The lowest BCUT2D eigenvalue weighted by Crippen LogP contribution is -2.03. The summed E-state index contributed by atoms with van der Waals surface area (Å²) in [4.78, 5) is 15.4. The number of ether oxygens (including phenoxy) is 1. The predicted octanol–water partition coefficient (Wildman–Crippen LogP) is 2.99. The molecule has 0 saturated carbocycles. The summed E-state index contributed by atoms with van der Waals surface area (Å²) in [5, 5.41) is 2.76. The first kappa shape index (κ1) is 11.9. The number of hydrogen-bond donors (Lipinski definition) is 0. The van der Waals surface area contributed by atoms with Gasteiger partial charge in [0.1, 0.15) is 0 Å². The molecule has 17 heavy (non-hydrogen) atoms. The fourth-order valence-corrected chi connectivity index (χ4v) is 1.91. The van der Waals surface area contributed by atoms with Crippen LogP contribution in [-0.4, -0.2) is 18.1 Å². The van der Waals surface area contributed by atoms with Crippen LogP contribution >= 0.6 is 11.6 Å². The van der Waals surface area contributed by atoms with Crippen LogP contribution in [0.2, 0.25) is 5.02 Å². The van der Waals surface area contributed by atoms with Crippen molar-refractivity contribution in [2.24, 2.45) is 0 Å². The molecule has 3 nitrogen and oxygen atoms in total. The largest absolute Gasteiger partial charge is 0.469 e. The van der Waals surface area contributed by atoms with E-state index in [0.717, 1.165) is 16.5 Å². The van der Waals surface area contributed by atoms with Crippen LogP contribution in [0.15, 0.2) is 30.5 Å². The lowest BCUT2D eigenvalue weighted by atomic mass is 10.1. The molecule has 0 aliphatic carbocycles. The number of esters is 1. The first-order valence-electron chi connectivity index (χ1n) is 5.30. The average Bonchev–Trinajstić information content (AvgIpc) is 2.35. The summed E-state index contributed by atoms with van der Waals surface area (Å²) in [6, 6.07) is 7.55. The van der Waals surface area contributed by atoms with Gasteiger partial charge in [-0.15, -0.1) is 0 Å². The van der Waals surface area contributed by atoms with Gasteiger partial charge in [-0.25, -0.2) is 0 Å². The zero-order chi connectivity index (χ0) is 12.3. The molecule has 1 aromatic carbocycles. The number of fused-ring (bicyclic) bond motifs is 1. The van der Waals surface area contributed by atoms with Crippen molar-refractivity contribution in [1.29, 1.82) is 0 Å². The van der Waals surface area contributed by atoms with Crippen molar-refractivity contribution < 1.29 is 9.53 Å². The molecular formula is C13H12ClNO2. The zero-order valence-electron chi connectivity index (χ0n) is 9.44. The van der Waals surface area contributed by atoms with Gasteiger partial charge in [-0.2, -0.15) is 0 Å². The van der Waals surface area contributed by atoms with Crippen LogP contribution in [-0.2, 0) is 16.0 Å². The van der Waals surface area contributed by atoms with Gasteiger partial charge < -0.3 is 4.74 Å². The Morgan fingerprint density at radius 1 is 1.41 bits per heavy atom. The topological polar surface area (TPSA) is 39.2 Å². The normalized spacial score (nSPS) is 10.5. The second-order valence-electron chi connectivity index (χ2n) is 3.70. The first-order chi connectivity index (χ1) is 8.20. The Hall–Kier alpha value is -1.61. The zero-order valence-corrected chi connectivity index (χ0v) is 10.2. The molecule has 4 heteroatoms. The molecule has 0 aliphatic rings. The number of halogens is 1. The highest BCUT2D eigenvalue weighted by Crippen LogP contribution is 2.21. The quantitative estimate of drug-likeness (QED) is 0.785. The van der Waals surface area contributed by atoms with Crippen molar-refractivity contribution in [2.75, 3.05) is 7.11 Å². The molecule has 0 aliphatic heterocycles. The maximum Gasteiger partial charge on any atom is 0.305 e. The van der Waals surface area contributed by atoms with E-state index in [9.17, 15) is 4.79 Å². The van der Waals surface area contributed by atoms with Gasteiger partial charge in [-0.05, 0) is 23.6 Å². The second-order valence-corrected chi connectivity index (χ2v) is 4.14. The molecule has 0 bridgehead atoms. The van der Waals surface area contributed by atoms with Crippen molar-refractivity contribution in [3.63, 3.8) is 0 Å². The van der Waals surface area contributed by atoms with Gasteiger partial charge >= 0.3 is 5.97 Å². The van der Waals surface area contributed by atoms with Crippen LogP contribution in [0.1, 0.15) is 12.1 Å². The molecule has 0 unspecified atom stereocenters. The minimum Gasteiger partial charge on any atom is -0.469 e. The van der Waals surface area contributed by atoms with Gasteiger partial charge in [0.25, 0.3) is 0 Å². The Kier molecular flexibility index (Phi) is 3.59. The van der Waals surface area contributed by atoms with Crippen LogP contribution in [0.4, 0.5) is 0 Å². The number of aryl methyl sites for hydroxylation is 1. The molecule has 0 amide bonds. The summed E-state index contributed by atoms with van der Waals surface area (Å²) < 4.78 is 4.62. The summed E-state index contributed by atoms with van der Waals surface area (Å²) in [5.41, 5.74) is 0.893. The molecule has 0 spiro atoms. The van der Waals surface area contributed by atoms with Gasteiger partial charge in [-0.3, -0.25) is 9.78 Å². The van der Waals surface area contributed by atoms with Crippen molar-refractivity contribution in [2.45, 2.75) is 12.8 Å². The molecule has 88 valence electrons. The van der Waals surface area contributed by atoms with Gasteiger partial charge in [0.15, 0.2) is 0 Å². The minimum absolute atomic E-state index is 0.224. The maximum absolute atomic E-state index is 11.1. The number of carbonyl (C=O) groups is 1. The third kappa shape index (κ3) is 2.74. The number of methoxy groups -OCH3 is 1. The molecule has 0 N–H and O–H groups in total. The number of pyridine rings is 1. The fourth-order valence-electron chi connectivity index (χ4n) is 1.73. The Labute approximate surface area is 104 Å². The van der Waals surface area contributed by atoms with E-state index in [4.69, 9.17) is 11.6 Å². The van der Waals surface area contributed by atoms with E-state index in [1.165, 1.54) is 7.11 Å². The molecule has 0 radical (unpaired) electrons. The molecule has 0 saturated heterocycles. The summed E-state index contributed by atoms with van der Waals surface area (Å²) in [5.74, 6) is -0.224. The highest BCUT2D eigenvalue weighted by atomic mass is 35.5. The molecule has 1 aromatic heterocycles. The third-order valence-corrected chi connectivity index (χ3v) is 2.84. The molecule has 2 aromatic rings. The standard InChI is InChI=1S/C13H12ClNO2/c1-17-13(16)5-4-12-11-3-2-10(14)8-9(11)6-7-15-12/h2-3,6-8H,4-5H2,1H3. The molecule has 2 rings (SSSR count). The van der Waals surface area contributed by atoms with Gasteiger partial charge in [0.2, 0.25) is 0 Å². The number of hydrogen-bond acceptors (Lipinski definition) is 3. The van der Waals surface area contributed by atoms with Gasteiger partial charge in [0.05, 0.1) is 13.5 Å². The second kappa shape index (κ2) is 5.15. The van der Waals surface area contributed by atoms with E-state index < -0.39 is 0 Å². The van der Waals surface area contributed by atoms with E-state index in [1.807, 2.05) is 24.3 Å². The van der Waals surface area contributed by atoms with Crippen molar-refractivity contribution in [1.82, 2.24) is 4.98 Å². The van der Waals surface area contributed by atoms with E-state index in [1.54, 1.807) is 6.20 Å². The highest BCUT2D eigenvalue weighted by molar-refractivity contribution is 6.31. The van der Waals surface area contributed by atoms with Crippen molar-refractivity contribution in [3.8, 4) is 0 Å². The Morgan fingerprint density at radius 2 is 2.24 bits per heavy atom. The lowest BCUT2D eigenvalue weighted by Gasteiger charge is -2.05. The number of nitrogens with zero attached hydrogens (tertiary/aromatic N) is 1. The molecule has 1 heterocycles. The summed E-state index contributed by atoms with van der Waals surface area (Å²) in [6.07, 6.45) is 2.64. The summed E-state index contributed by atoms with van der Waals surface area (Å²) in [6.45, 7) is 0. The van der Waals surface area contributed by atoms with Gasteiger partial charge in [-0.1, -0.05) is 17.7 Å². The van der Waals surface area contributed by atoms with E-state index in [2.05, 4.69) is 9.72 Å². The molecule has 0 atom stereocenters. The Balaban J connectivity index is 2.31. The van der Waals surface area contributed by atoms with Crippen LogP contribution < -0.4 is 0 Å². The summed E-state index contributed by atoms with van der Waals surface area (Å²) >= 11 is 5.93. The Bertz CT molecular complexity index is 554. The third-order valence-electron chi connectivity index (χ3n) is 2.60. The predicted molar refractivity (Wildman–Crippen MR) is 67.1 cm³/mol. The summed E-state index contributed by atoms with van der Waals surface area (Å²) in [7, 11) is 1.39. The molecular weight excluding hydrogens is 238 g/mol. The van der Waals surface area contributed by atoms with E-state index in [0.29, 0.717) is 17.9 Å².